The highest BCUT2D eigenvalue weighted by atomic mass is 16.2. The average molecular weight is 377 g/mol. The Balaban J connectivity index is 1.60. The van der Waals surface area contributed by atoms with Crippen molar-refractivity contribution in [3.63, 3.8) is 0 Å². The van der Waals surface area contributed by atoms with Gasteiger partial charge in [0.2, 0.25) is 0 Å². The highest BCUT2D eigenvalue weighted by Crippen LogP contribution is 2.20. The van der Waals surface area contributed by atoms with Gasteiger partial charge in [-0.3, -0.25) is 9.59 Å². The summed E-state index contributed by atoms with van der Waals surface area (Å²) >= 11 is 0. The number of hydrogen-bond donors (Lipinski definition) is 1. The number of pyridine rings is 1. The van der Waals surface area contributed by atoms with E-state index in [1.54, 1.807) is 30.5 Å². The Hall–Kier alpha value is -3.22. The summed E-state index contributed by atoms with van der Waals surface area (Å²) in [6, 6.07) is 10.8. The number of hydrogen-bond acceptors (Lipinski definition) is 5. The fraction of sp³-hybridized carbons (Fsp3) is 0.333. The van der Waals surface area contributed by atoms with Gasteiger partial charge in [-0.2, -0.15) is 5.10 Å². The smallest absolute Gasteiger partial charge is 0.276 e. The lowest BCUT2D eigenvalue weighted by Gasteiger charge is -2.27. The minimum absolute atomic E-state index is 0.192. The van der Waals surface area contributed by atoms with E-state index in [1.165, 1.54) is 23.9 Å². The van der Waals surface area contributed by atoms with E-state index in [1.807, 2.05) is 19.1 Å². The second-order valence-corrected chi connectivity index (χ2v) is 6.92. The summed E-state index contributed by atoms with van der Waals surface area (Å²) in [6.45, 7) is 4.27. The third-order valence-corrected chi connectivity index (χ3v) is 5.07. The van der Waals surface area contributed by atoms with Crippen molar-refractivity contribution >= 4 is 28.2 Å². The normalized spacial score (nSPS) is 14.2. The van der Waals surface area contributed by atoms with Crippen molar-refractivity contribution in [3.05, 3.63) is 58.6 Å². The van der Waals surface area contributed by atoms with Crippen molar-refractivity contribution in [3.8, 4) is 0 Å². The molecule has 4 rings (SSSR count). The molecule has 1 fully saturated rings. The van der Waals surface area contributed by atoms with Crippen LogP contribution in [0.4, 0.5) is 11.5 Å². The summed E-state index contributed by atoms with van der Waals surface area (Å²) in [5, 5.41) is 8.16. The molecule has 0 aliphatic carbocycles. The van der Waals surface area contributed by atoms with Crippen LogP contribution in [0.15, 0.2) is 47.4 Å². The third kappa shape index (κ3) is 3.47. The Labute approximate surface area is 163 Å². The quantitative estimate of drug-likeness (QED) is 0.756. The first-order valence-electron chi connectivity index (χ1n) is 9.69. The molecule has 7 nitrogen and oxygen atoms in total. The molecule has 1 N–H and O–H groups in total. The molecular formula is C21H23N5O2. The number of fused-ring (bicyclic) bond motifs is 1. The first kappa shape index (κ1) is 18.2. The largest absolute Gasteiger partial charge is 0.357 e. The van der Waals surface area contributed by atoms with Crippen LogP contribution in [0.5, 0.6) is 0 Å². The van der Waals surface area contributed by atoms with E-state index in [9.17, 15) is 9.59 Å². The van der Waals surface area contributed by atoms with Gasteiger partial charge < -0.3 is 10.2 Å². The van der Waals surface area contributed by atoms with Crippen molar-refractivity contribution in [1.29, 1.82) is 0 Å². The maximum absolute atomic E-state index is 12.9. The number of nitrogens with zero attached hydrogens (tertiary/aromatic N) is 4. The van der Waals surface area contributed by atoms with E-state index < -0.39 is 0 Å². The standard InChI is InChI=1S/C21H23N5O2/c1-2-26-21(28)17-9-5-4-8-16(17)19(24-26)20(27)23-15-10-11-18(22-14-15)25-12-6-3-7-13-25/h4-5,8-11,14H,2-3,6-7,12-13H2,1H3,(H,23,27). The Morgan fingerprint density at radius 3 is 2.50 bits per heavy atom. The second-order valence-electron chi connectivity index (χ2n) is 6.92. The molecule has 1 aliphatic rings. The molecule has 1 saturated heterocycles. The average Bonchev–Trinajstić information content (AvgIpc) is 2.75. The van der Waals surface area contributed by atoms with E-state index in [4.69, 9.17) is 0 Å². The van der Waals surface area contributed by atoms with E-state index in [0.29, 0.717) is 23.0 Å². The van der Waals surface area contributed by atoms with Gasteiger partial charge in [-0.1, -0.05) is 18.2 Å². The zero-order valence-corrected chi connectivity index (χ0v) is 15.9. The fourth-order valence-electron chi connectivity index (χ4n) is 3.58. The van der Waals surface area contributed by atoms with E-state index in [2.05, 4.69) is 20.3 Å². The summed E-state index contributed by atoms with van der Waals surface area (Å²) in [6.07, 6.45) is 5.31. The van der Waals surface area contributed by atoms with Crippen molar-refractivity contribution in [1.82, 2.24) is 14.8 Å². The number of anilines is 2. The van der Waals surface area contributed by atoms with E-state index >= 15 is 0 Å². The third-order valence-electron chi connectivity index (χ3n) is 5.07. The van der Waals surface area contributed by atoms with Crippen molar-refractivity contribution in [2.45, 2.75) is 32.7 Å². The number of benzene rings is 1. The molecule has 0 saturated carbocycles. The molecule has 0 bridgehead atoms. The first-order valence-corrected chi connectivity index (χ1v) is 9.69. The summed E-state index contributed by atoms with van der Waals surface area (Å²) < 4.78 is 1.31. The Morgan fingerprint density at radius 1 is 1.07 bits per heavy atom. The lowest BCUT2D eigenvalue weighted by atomic mass is 10.1. The van der Waals surface area contributed by atoms with Crippen LogP contribution in [-0.2, 0) is 6.54 Å². The molecule has 3 aromatic rings. The maximum atomic E-state index is 12.9. The first-order chi connectivity index (χ1) is 13.7. The number of aromatic nitrogens is 3. The highest BCUT2D eigenvalue weighted by molar-refractivity contribution is 6.11. The molecule has 144 valence electrons. The number of amides is 1. The molecule has 0 atom stereocenters. The van der Waals surface area contributed by atoms with Crippen molar-refractivity contribution < 1.29 is 4.79 Å². The van der Waals surface area contributed by atoms with Crippen LogP contribution in [0.1, 0.15) is 36.7 Å². The van der Waals surface area contributed by atoms with Crippen molar-refractivity contribution in [2.75, 3.05) is 23.3 Å². The molecule has 2 aromatic heterocycles. The summed E-state index contributed by atoms with van der Waals surface area (Å²) in [4.78, 5) is 32.1. The molecule has 0 unspecified atom stereocenters. The van der Waals surface area contributed by atoms with Crippen LogP contribution in [0.3, 0.4) is 0 Å². The van der Waals surface area contributed by atoms with Crippen LogP contribution in [0, 0.1) is 0 Å². The molecule has 7 heteroatoms. The number of piperidine rings is 1. The van der Waals surface area contributed by atoms with Crippen LogP contribution in [-0.4, -0.2) is 33.8 Å². The SMILES string of the molecule is CCn1nc(C(=O)Nc2ccc(N3CCCCC3)nc2)c2ccccc2c1=O. The summed E-state index contributed by atoms with van der Waals surface area (Å²) in [5.74, 6) is 0.576. The minimum Gasteiger partial charge on any atom is -0.357 e. The lowest BCUT2D eigenvalue weighted by molar-refractivity contribution is 0.102. The summed E-state index contributed by atoms with van der Waals surface area (Å²) in [7, 11) is 0. The highest BCUT2D eigenvalue weighted by Gasteiger charge is 2.17. The van der Waals surface area contributed by atoms with Gasteiger partial charge in [-0.05, 0) is 44.4 Å². The van der Waals surface area contributed by atoms with Gasteiger partial charge in [0.15, 0.2) is 5.69 Å². The van der Waals surface area contributed by atoms with Crippen LogP contribution in [0.25, 0.3) is 10.8 Å². The van der Waals surface area contributed by atoms with Gasteiger partial charge in [0.05, 0.1) is 17.3 Å². The molecule has 3 heterocycles. The topological polar surface area (TPSA) is 80.1 Å². The van der Waals surface area contributed by atoms with Gasteiger partial charge in [0, 0.05) is 25.0 Å². The molecule has 0 radical (unpaired) electrons. The Morgan fingerprint density at radius 2 is 1.82 bits per heavy atom. The second kappa shape index (κ2) is 7.80. The maximum Gasteiger partial charge on any atom is 0.276 e. The fourth-order valence-corrected chi connectivity index (χ4v) is 3.58. The van der Waals surface area contributed by atoms with Gasteiger partial charge in [-0.15, -0.1) is 0 Å². The summed E-state index contributed by atoms with van der Waals surface area (Å²) in [5.41, 5.74) is 0.644. The van der Waals surface area contributed by atoms with Crippen LogP contribution < -0.4 is 15.8 Å². The molecular weight excluding hydrogens is 354 g/mol. The van der Waals surface area contributed by atoms with Gasteiger partial charge in [-0.25, -0.2) is 9.67 Å². The number of carbonyl (C=O) groups is 1. The zero-order chi connectivity index (χ0) is 19.5. The zero-order valence-electron chi connectivity index (χ0n) is 15.9. The lowest BCUT2D eigenvalue weighted by Crippen LogP contribution is -2.30. The number of nitrogens with one attached hydrogen (secondary N) is 1. The predicted octanol–water partition coefficient (Wildman–Crippen LogP) is 3.05. The van der Waals surface area contributed by atoms with Gasteiger partial charge in [0.25, 0.3) is 11.5 Å². The number of rotatable bonds is 4. The van der Waals surface area contributed by atoms with Gasteiger partial charge >= 0.3 is 0 Å². The molecule has 0 spiro atoms. The monoisotopic (exact) mass is 377 g/mol. The van der Waals surface area contributed by atoms with Crippen molar-refractivity contribution in [2.24, 2.45) is 0 Å². The van der Waals surface area contributed by atoms with E-state index in [0.717, 1.165) is 18.9 Å². The molecule has 1 amide bonds. The number of aryl methyl sites for hydroxylation is 1. The van der Waals surface area contributed by atoms with Gasteiger partial charge in [0.1, 0.15) is 5.82 Å². The molecule has 28 heavy (non-hydrogen) atoms. The number of carbonyl (C=O) groups excluding carboxylic acids is 1. The molecule has 1 aromatic carbocycles. The minimum atomic E-state index is -0.356. The van der Waals surface area contributed by atoms with E-state index in [-0.39, 0.29) is 17.2 Å². The molecule has 1 aliphatic heterocycles. The van der Waals surface area contributed by atoms with Crippen LogP contribution >= 0.6 is 0 Å². The predicted molar refractivity (Wildman–Crippen MR) is 110 cm³/mol. The van der Waals surface area contributed by atoms with Crippen LogP contribution in [0.2, 0.25) is 0 Å². The Kier molecular flexibility index (Phi) is 5.06. The Bertz CT molecular complexity index is 1050.